The number of carbonyl (C=O) groups is 1. The van der Waals surface area contributed by atoms with Gasteiger partial charge in [-0.25, -0.2) is 9.97 Å². The lowest BCUT2D eigenvalue weighted by Crippen LogP contribution is -2.20. The molecule has 1 aromatic heterocycles. The van der Waals surface area contributed by atoms with E-state index in [-0.39, 0.29) is 5.91 Å². The zero-order valence-corrected chi connectivity index (χ0v) is 15.5. The lowest BCUT2D eigenvalue weighted by molar-refractivity contribution is 0.102. The van der Waals surface area contributed by atoms with Crippen molar-refractivity contribution in [2.24, 2.45) is 0 Å². The molecule has 0 saturated carbocycles. The SMILES string of the molecule is CCN(c1ccccc1)c1ncc(C(=O)Nc2cc(Cl)cc(Cl)c2)cn1. The number of rotatable bonds is 5. The average molecular weight is 387 g/mol. The molecule has 5 nitrogen and oxygen atoms in total. The number of hydrogen-bond donors (Lipinski definition) is 1. The molecular weight excluding hydrogens is 371 g/mol. The molecule has 1 amide bonds. The third-order valence-corrected chi connectivity index (χ3v) is 4.08. The van der Waals surface area contributed by atoms with E-state index in [0.29, 0.717) is 33.8 Å². The van der Waals surface area contributed by atoms with Gasteiger partial charge in [-0.2, -0.15) is 0 Å². The standard InChI is InChI=1S/C19H16Cl2N4O/c1-2-25(17-6-4-3-5-7-17)19-22-11-13(12-23-19)18(26)24-16-9-14(20)8-15(21)10-16/h3-12H,2H2,1H3,(H,24,26). The topological polar surface area (TPSA) is 58.1 Å². The monoisotopic (exact) mass is 386 g/mol. The fourth-order valence-electron chi connectivity index (χ4n) is 2.45. The first kappa shape index (κ1) is 18.2. The molecule has 3 rings (SSSR count). The summed E-state index contributed by atoms with van der Waals surface area (Å²) >= 11 is 11.9. The van der Waals surface area contributed by atoms with Crippen LogP contribution in [0.3, 0.4) is 0 Å². The van der Waals surface area contributed by atoms with Crippen LogP contribution in [0.2, 0.25) is 10.0 Å². The van der Waals surface area contributed by atoms with Crippen molar-refractivity contribution in [1.82, 2.24) is 9.97 Å². The summed E-state index contributed by atoms with van der Waals surface area (Å²) in [6.07, 6.45) is 2.99. The fourth-order valence-corrected chi connectivity index (χ4v) is 2.98. The molecule has 0 spiro atoms. The maximum absolute atomic E-state index is 12.4. The Hall–Kier alpha value is -2.63. The summed E-state index contributed by atoms with van der Waals surface area (Å²) in [6.45, 7) is 2.72. The Labute approximate surface area is 161 Å². The molecular formula is C19H16Cl2N4O. The smallest absolute Gasteiger partial charge is 0.258 e. The van der Waals surface area contributed by atoms with Crippen molar-refractivity contribution >= 4 is 46.4 Å². The normalized spacial score (nSPS) is 10.4. The predicted molar refractivity (Wildman–Crippen MR) is 106 cm³/mol. The first-order chi connectivity index (χ1) is 12.6. The molecule has 0 aliphatic heterocycles. The number of amides is 1. The molecule has 0 atom stereocenters. The van der Waals surface area contributed by atoms with E-state index < -0.39 is 0 Å². The number of hydrogen-bond acceptors (Lipinski definition) is 4. The van der Waals surface area contributed by atoms with E-state index >= 15 is 0 Å². The Balaban J connectivity index is 1.77. The number of halogens is 2. The van der Waals surface area contributed by atoms with Crippen molar-refractivity contribution in [1.29, 1.82) is 0 Å². The van der Waals surface area contributed by atoms with Crippen LogP contribution >= 0.6 is 23.2 Å². The molecule has 0 radical (unpaired) electrons. The minimum Gasteiger partial charge on any atom is -0.322 e. The molecule has 0 unspecified atom stereocenters. The van der Waals surface area contributed by atoms with E-state index in [1.807, 2.05) is 42.2 Å². The van der Waals surface area contributed by atoms with Crippen molar-refractivity contribution < 1.29 is 4.79 Å². The van der Waals surface area contributed by atoms with Gasteiger partial charge in [-0.05, 0) is 37.3 Å². The fraction of sp³-hybridized carbons (Fsp3) is 0.105. The van der Waals surface area contributed by atoms with Crippen LogP contribution in [0.25, 0.3) is 0 Å². The van der Waals surface area contributed by atoms with Gasteiger partial charge < -0.3 is 10.2 Å². The summed E-state index contributed by atoms with van der Waals surface area (Å²) in [5, 5.41) is 3.62. The highest BCUT2D eigenvalue weighted by Crippen LogP contribution is 2.23. The Morgan fingerprint density at radius 2 is 1.65 bits per heavy atom. The van der Waals surface area contributed by atoms with E-state index in [9.17, 15) is 4.79 Å². The molecule has 0 fully saturated rings. The summed E-state index contributed by atoms with van der Waals surface area (Å²) in [7, 11) is 0. The minimum atomic E-state index is -0.336. The molecule has 0 aliphatic rings. The van der Waals surface area contributed by atoms with Crippen LogP contribution in [0.15, 0.2) is 60.9 Å². The number of benzene rings is 2. The molecule has 1 heterocycles. The quantitative estimate of drug-likeness (QED) is 0.654. The second-order valence-corrected chi connectivity index (χ2v) is 6.34. The Morgan fingerprint density at radius 1 is 1.04 bits per heavy atom. The van der Waals surface area contributed by atoms with Crippen molar-refractivity contribution in [3.8, 4) is 0 Å². The Bertz CT molecular complexity index is 881. The van der Waals surface area contributed by atoms with E-state index in [1.165, 1.54) is 12.4 Å². The summed E-state index contributed by atoms with van der Waals surface area (Å²) in [6, 6.07) is 14.7. The van der Waals surface area contributed by atoms with Gasteiger partial charge in [0.05, 0.1) is 5.56 Å². The van der Waals surface area contributed by atoms with E-state index in [0.717, 1.165) is 5.69 Å². The molecule has 0 aliphatic carbocycles. The molecule has 26 heavy (non-hydrogen) atoms. The second-order valence-electron chi connectivity index (χ2n) is 5.46. The van der Waals surface area contributed by atoms with Gasteiger partial charge in [0.25, 0.3) is 5.91 Å². The van der Waals surface area contributed by atoms with E-state index in [2.05, 4.69) is 15.3 Å². The van der Waals surface area contributed by atoms with E-state index in [4.69, 9.17) is 23.2 Å². The van der Waals surface area contributed by atoms with Gasteiger partial charge in [0.2, 0.25) is 5.95 Å². The van der Waals surface area contributed by atoms with Gasteiger partial charge >= 0.3 is 0 Å². The van der Waals surface area contributed by atoms with Crippen molar-refractivity contribution in [2.75, 3.05) is 16.8 Å². The highest BCUT2D eigenvalue weighted by molar-refractivity contribution is 6.35. The largest absolute Gasteiger partial charge is 0.322 e. The third kappa shape index (κ3) is 4.31. The van der Waals surface area contributed by atoms with Crippen LogP contribution in [-0.2, 0) is 0 Å². The van der Waals surface area contributed by atoms with Crippen LogP contribution in [-0.4, -0.2) is 22.4 Å². The maximum atomic E-state index is 12.4. The first-order valence-corrected chi connectivity index (χ1v) is 8.74. The highest BCUT2D eigenvalue weighted by Gasteiger charge is 2.13. The number of nitrogens with zero attached hydrogens (tertiary/aromatic N) is 3. The lowest BCUT2D eigenvalue weighted by atomic mass is 10.2. The zero-order valence-electron chi connectivity index (χ0n) is 14.0. The van der Waals surface area contributed by atoms with Crippen LogP contribution in [0, 0.1) is 0 Å². The van der Waals surface area contributed by atoms with Crippen molar-refractivity contribution in [3.63, 3.8) is 0 Å². The van der Waals surface area contributed by atoms with Crippen LogP contribution < -0.4 is 10.2 Å². The van der Waals surface area contributed by atoms with Gasteiger partial charge in [-0.1, -0.05) is 41.4 Å². The first-order valence-electron chi connectivity index (χ1n) is 7.99. The van der Waals surface area contributed by atoms with Gasteiger partial charge in [-0.15, -0.1) is 0 Å². The highest BCUT2D eigenvalue weighted by atomic mass is 35.5. The maximum Gasteiger partial charge on any atom is 0.258 e. The number of carbonyl (C=O) groups excluding carboxylic acids is 1. The molecule has 7 heteroatoms. The second kappa shape index (κ2) is 8.17. The number of aromatic nitrogens is 2. The number of para-hydroxylation sites is 1. The average Bonchev–Trinajstić information content (AvgIpc) is 2.63. The summed E-state index contributed by atoms with van der Waals surface area (Å²) in [5.41, 5.74) is 1.84. The molecule has 0 saturated heterocycles. The summed E-state index contributed by atoms with van der Waals surface area (Å²) < 4.78 is 0. The Kier molecular flexibility index (Phi) is 5.71. The van der Waals surface area contributed by atoms with Crippen molar-refractivity contribution in [2.45, 2.75) is 6.92 Å². The van der Waals surface area contributed by atoms with Crippen LogP contribution in [0.1, 0.15) is 17.3 Å². The lowest BCUT2D eigenvalue weighted by Gasteiger charge is -2.20. The molecule has 3 aromatic rings. The van der Waals surface area contributed by atoms with Gasteiger partial charge in [-0.3, -0.25) is 4.79 Å². The van der Waals surface area contributed by atoms with Crippen molar-refractivity contribution in [3.05, 3.63) is 76.5 Å². The zero-order chi connectivity index (χ0) is 18.5. The summed E-state index contributed by atoms with van der Waals surface area (Å²) in [4.78, 5) is 23.0. The molecule has 0 bridgehead atoms. The number of nitrogens with one attached hydrogen (secondary N) is 1. The molecule has 1 N–H and O–H groups in total. The van der Waals surface area contributed by atoms with Gasteiger partial charge in [0, 0.05) is 40.4 Å². The summed E-state index contributed by atoms with van der Waals surface area (Å²) in [5.74, 6) is 0.193. The Morgan fingerprint density at radius 3 is 2.23 bits per heavy atom. The molecule has 2 aromatic carbocycles. The van der Waals surface area contributed by atoms with Gasteiger partial charge in [0.1, 0.15) is 0 Å². The minimum absolute atomic E-state index is 0.336. The van der Waals surface area contributed by atoms with Gasteiger partial charge in [0.15, 0.2) is 0 Å². The molecule has 132 valence electrons. The van der Waals surface area contributed by atoms with Crippen LogP contribution in [0.4, 0.5) is 17.3 Å². The predicted octanol–water partition coefficient (Wildman–Crippen LogP) is 5.19. The van der Waals surface area contributed by atoms with Crippen LogP contribution in [0.5, 0.6) is 0 Å². The van der Waals surface area contributed by atoms with E-state index in [1.54, 1.807) is 18.2 Å². The third-order valence-electron chi connectivity index (χ3n) is 3.65. The number of anilines is 3.